The Kier molecular flexibility index (Phi) is 4.18. The van der Waals surface area contributed by atoms with Gasteiger partial charge in [-0.25, -0.2) is 0 Å². The number of benzene rings is 1. The van der Waals surface area contributed by atoms with E-state index in [1.165, 1.54) is 30.4 Å². The van der Waals surface area contributed by atoms with Crippen molar-refractivity contribution in [2.45, 2.75) is 45.4 Å². The molecule has 0 N–H and O–H groups in total. The zero-order valence-corrected chi connectivity index (χ0v) is 10.5. The Hall–Kier alpha value is -1.31. The molecule has 0 spiro atoms. The zero-order chi connectivity index (χ0) is 12.1. The van der Waals surface area contributed by atoms with Crippen molar-refractivity contribution in [1.29, 1.82) is 0 Å². The van der Waals surface area contributed by atoms with Crippen molar-refractivity contribution in [3.05, 3.63) is 29.3 Å². The van der Waals surface area contributed by atoms with E-state index in [2.05, 4.69) is 12.1 Å². The molecule has 0 saturated heterocycles. The minimum atomic E-state index is 0.322. The van der Waals surface area contributed by atoms with Crippen LogP contribution in [0.2, 0.25) is 0 Å². The van der Waals surface area contributed by atoms with Crippen LogP contribution in [0.4, 0.5) is 0 Å². The third-order valence-corrected chi connectivity index (χ3v) is 3.33. The molecule has 0 heterocycles. The molecule has 1 aromatic rings. The first-order valence-electron chi connectivity index (χ1n) is 6.56. The lowest BCUT2D eigenvalue weighted by Crippen LogP contribution is -2.02. The largest absolute Gasteiger partial charge is 0.494 e. The summed E-state index contributed by atoms with van der Waals surface area (Å²) in [5.41, 5.74) is 2.91. The van der Waals surface area contributed by atoms with Gasteiger partial charge in [-0.3, -0.25) is 4.79 Å². The average molecular weight is 232 g/mol. The Balaban J connectivity index is 1.78. The van der Waals surface area contributed by atoms with Gasteiger partial charge in [0, 0.05) is 12.8 Å². The van der Waals surface area contributed by atoms with Gasteiger partial charge in [0.15, 0.2) is 0 Å². The maximum atomic E-state index is 11.1. The van der Waals surface area contributed by atoms with Gasteiger partial charge in [-0.05, 0) is 48.9 Å². The van der Waals surface area contributed by atoms with Crippen molar-refractivity contribution in [3.8, 4) is 5.75 Å². The molecule has 0 bridgehead atoms. The molecule has 0 fully saturated rings. The first-order chi connectivity index (χ1) is 8.29. The third-order valence-electron chi connectivity index (χ3n) is 3.33. The molecule has 0 atom stereocenters. The van der Waals surface area contributed by atoms with Crippen LogP contribution in [-0.4, -0.2) is 12.4 Å². The van der Waals surface area contributed by atoms with Gasteiger partial charge in [-0.15, -0.1) is 0 Å². The number of carbonyl (C=O) groups excluding carboxylic acids is 1. The van der Waals surface area contributed by atoms with Crippen molar-refractivity contribution < 1.29 is 9.53 Å². The lowest BCUT2D eigenvalue weighted by atomic mass is 10.1. The maximum absolute atomic E-state index is 11.1. The van der Waals surface area contributed by atoms with Crippen LogP contribution >= 0.6 is 0 Å². The highest BCUT2D eigenvalue weighted by Crippen LogP contribution is 2.26. The smallest absolute Gasteiger partial charge is 0.132 e. The number of carbonyl (C=O) groups is 1. The second-order valence-electron chi connectivity index (χ2n) is 4.63. The van der Waals surface area contributed by atoms with Crippen molar-refractivity contribution in [1.82, 2.24) is 0 Å². The number of hydrogen-bond donors (Lipinski definition) is 0. The molecule has 2 nitrogen and oxygen atoms in total. The molecule has 1 aliphatic carbocycles. The van der Waals surface area contributed by atoms with Crippen molar-refractivity contribution in [2.75, 3.05) is 6.61 Å². The Morgan fingerprint density at radius 1 is 1.29 bits per heavy atom. The van der Waals surface area contributed by atoms with Crippen LogP contribution in [0.5, 0.6) is 5.75 Å². The number of ketones is 1. The summed E-state index contributed by atoms with van der Waals surface area (Å²) in [6, 6.07) is 6.38. The first kappa shape index (κ1) is 12.2. The summed E-state index contributed by atoms with van der Waals surface area (Å²) in [6.45, 7) is 2.55. The van der Waals surface area contributed by atoms with Crippen molar-refractivity contribution >= 4 is 5.78 Å². The zero-order valence-electron chi connectivity index (χ0n) is 10.5. The summed E-state index contributed by atoms with van der Waals surface area (Å²) in [7, 11) is 0. The first-order valence-corrected chi connectivity index (χ1v) is 6.56. The maximum Gasteiger partial charge on any atom is 0.132 e. The van der Waals surface area contributed by atoms with Gasteiger partial charge in [0.25, 0.3) is 0 Å². The van der Waals surface area contributed by atoms with Crippen molar-refractivity contribution in [3.63, 3.8) is 0 Å². The lowest BCUT2D eigenvalue weighted by molar-refractivity contribution is -0.118. The summed E-state index contributed by atoms with van der Waals surface area (Å²) >= 11 is 0. The van der Waals surface area contributed by atoms with Crippen molar-refractivity contribution in [2.24, 2.45) is 0 Å². The van der Waals surface area contributed by atoms with E-state index < -0.39 is 0 Å². The summed E-state index contributed by atoms with van der Waals surface area (Å²) in [6.07, 6.45) is 5.76. The third kappa shape index (κ3) is 3.32. The molecular formula is C15H20O2. The molecule has 0 radical (unpaired) electrons. The van der Waals surface area contributed by atoms with Gasteiger partial charge in [0.2, 0.25) is 0 Å². The van der Waals surface area contributed by atoms with E-state index in [4.69, 9.17) is 4.74 Å². The molecule has 92 valence electrons. The van der Waals surface area contributed by atoms with E-state index in [0.29, 0.717) is 25.2 Å². The van der Waals surface area contributed by atoms with Gasteiger partial charge in [-0.1, -0.05) is 13.0 Å². The van der Waals surface area contributed by atoms with Crippen LogP contribution in [0.15, 0.2) is 18.2 Å². The highest BCUT2D eigenvalue weighted by molar-refractivity contribution is 5.77. The Bertz CT molecular complexity index is 396. The predicted molar refractivity (Wildman–Crippen MR) is 68.5 cm³/mol. The number of fused-ring (bicyclic) bond motifs is 1. The molecule has 0 aliphatic heterocycles. The van der Waals surface area contributed by atoms with E-state index in [1.54, 1.807) is 0 Å². The van der Waals surface area contributed by atoms with E-state index in [9.17, 15) is 4.79 Å². The summed E-state index contributed by atoms with van der Waals surface area (Å²) < 4.78 is 5.67. The predicted octanol–water partition coefficient (Wildman–Crippen LogP) is 3.31. The highest BCUT2D eigenvalue weighted by atomic mass is 16.5. The van der Waals surface area contributed by atoms with E-state index in [1.807, 2.05) is 13.0 Å². The lowest BCUT2D eigenvalue weighted by Gasteiger charge is -2.07. The molecule has 0 unspecified atom stereocenters. The molecule has 1 aliphatic rings. The number of rotatable bonds is 6. The highest BCUT2D eigenvalue weighted by Gasteiger charge is 2.11. The second-order valence-corrected chi connectivity index (χ2v) is 4.63. The fourth-order valence-electron chi connectivity index (χ4n) is 2.27. The summed E-state index contributed by atoms with van der Waals surface area (Å²) in [4.78, 5) is 11.1. The number of aryl methyl sites for hydroxylation is 2. The minimum Gasteiger partial charge on any atom is -0.494 e. The standard InChI is InChI=1S/C15H20O2/c1-2-14(16)7-4-10-17-15-9-8-12-5-3-6-13(12)11-15/h8-9,11H,2-7,10H2,1H3. The van der Waals surface area contributed by atoms with Crippen LogP contribution in [0.3, 0.4) is 0 Å². The Labute approximate surface area is 103 Å². The van der Waals surface area contributed by atoms with E-state index >= 15 is 0 Å². The number of Topliss-reactive ketones (excluding diaryl/α,β-unsaturated/α-hetero) is 1. The molecule has 17 heavy (non-hydrogen) atoms. The van der Waals surface area contributed by atoms with Crippen LogP contribution in [-0.2, 0) is 17.6 Å². The van der Waals surface area contributed by atoms with Gasteiger partial charge in [-0.2, -0.15) is 0 Å². The monoisotopic (exact) mass is 232 g/mol. The van der Waals surface area contributed by atoms with Gasteiger partial charge >= 0.3 is 0 Å². The molecule has 2 heteroatoms. The fourth-order valence-corrected chi connectivity index (χ4v) is 2.27. The SMILES string of the molecule is CCC(=O)CCCOc1ccc2c(c1)CCC2. The van der Waals surface area contributed by atoms with Gasteiger partial charge in [0.05, 0.1) is 6.61 Å². The quantitative estimate of drug-likeness (QED) is 0.703. The molecule has 0 amide bonds. The summed E-state index contributed by atoms with van der Waals surface area (Å²) in [5.74, 6) is 1.28. The second kappa shape index (κ2) is 5.85. The normalized spacial score (nSPS) is 13.5. The van der Waals surface area contributed by atoms with Gasteiger partial charge < -0.3 is 4.74 Å². The van der Waals surface area contributed by atoms with Crippen LogP contribution in [0.25, 0.3) is 0 Å². The molecular weight excluding hydrogens is 212 g/mol. The Morgan fingerprint density at radius 2 is 2.12 bits per heavy atom. The van der Waals surface area contributed by atoms with E-state index in [0.717, 1.165) is 12.2 Å². The molecule has 0 saturated carbocycles. The van der Waals surface area contributed by atoms with Crippen LogP contribution in [0, 0.1) is 0 Å². The van der Waals surface area contributed by atoms with Crippen LogP contribution in [0.1, 0.15) is 43.7 Å². The molecule has 0 aromatic heterocycles. The number of hydrogen-bond acceptors (Lipinski definition) is 2. The molecule has 1 aromatic carbocycles. The van der Waals surface area contributed by atoms with Gasteiger partial charge in [0.1, 0.15) is 11.5 Å². The topological polar surface area (TPSA) is 26.3 Å². The fraction of sp³-hybridized carbons (Fsp3) is 0.533. The number of ether oxygens (including phenoxy) is 1. The Morgan fingerprint density at radius 3 is 2.94 bits per heavy atom. The van der Waals surface area contributed by atoms with E-state index in [-0.39, 0.29) is 0 Å². The van der Waals surface area contributed by atoms with Crippen LogP contribution < -0.4 is 4.74 Å². The molecule has 2 rings (SSSR count). The minimum absolute atomic E-state index is 0.322. The average Bonchev–Trinajstić information content (AvgIpc) is 2.81. The summed E-state index contributed by atoms with van der Waals surface area (Å²) in [5, 5.41) is 0.